The van der Waals surface area contributed by atoms with Gasteiger partial charge in [0.25, 0.3) is 0 Å². The van der Waals surface area contributed by atoms with Crippen molar-refractivity contribution in [2.45, 2.75) is 58.5 Å². The average molecular weight is 270 g/mol. The van der Waals surface area contributed by atoms with Crippen molar-refractivity contribution in [2.75, 3.05) is 6.54 Å². The van der Waals surface area contributed by atoms with Crippen molar-refractivity contribution in [3.63, 3.8) is 0 Å². The van der Waals surface area contributed by atoms with E-state index in [1.54, 1.807) is 0 Å². The fourth-order valence-electron chi connectivity index (χ4n) is 2.73. The molecule has 3 atom stereocenters. The van der Waals surface area contributed by atoms with Crippen LogP contribution in [-0.2, 0) is 9.59 Å². The van der Waals surface area contributed by atoms with Gasteiger partial charge < -0.3 is 15.7 Å². The molecule has 5 heteroatoms. The van der Waals surface area contributed by atoms with Crippen LogP contribution in [0.15, 0.2) is 0 Å². The highest BCUT2D eigenvalue weighted by molar-refractivity contribution is 5.87. The maximum atomic E-state index is 12.3. The largest absolute Gasteiger partial charge is 0.480 e. The van der Waals surface area contributed by atoms with Crippen LogP contribution >= 0.6 is 0 Å². The molecule has 3 N–H and O–H groups in total. The number of hydrogen-bond acceptors (Lipinski definition) is 3. The van der Waals surface area contributed by atoms with Crippen LogP contribution in [0.25, 0.3) is 0 Å². The van der Waals surface area contributed by atoms with E-state index in [4.69, 9.17) is 5.73 Å². The quantitative estimate of drug-likeness (QED) is 0.792. The minimum Gasteiger partial charge on any atom is -0.480 e. The van der Waals surface area contributed by atoms with Gasteiger partial charge in [-0.15, -0.1) is 0 Å². The number of likely N-dealkylation sites (tertiary alicyclic amines) is 1. The Hall–Kier alpha value is -1.10. The highest BCUT2D eigenvalue weighted by atomic mass is 16.4. The zero-order chi connectivity index (χ0) is 14.6. The van der Waals surface area contributed by atoms with Crippen LogP contribution in [0.2, 0.25) is 0 Å². The molecule has 0 aromatic rings. The Kier molecular flexibility index (Phi) is 5.79. The summed E-state index contributed by atoms with van der Waals surface area (Å²) in [5, 5.41) is 9.30. The van der Waals surface area contributed by atoms with Crippen LogP contribution in [0, 0.1) is 11.8 Å². The molecule has 1 heterocycles. The number of hydrogen-bond donors (Lipinski definition) is 2. The van der Waals surface area contributed by atoms with E-state index in [1.165, 1.54) is 4.90 Å². The summed E-state index contributed by atoms with van der Waals surface area (Å²) in [5.74, 6) is -0.402. The lowest BCUT2D eigenvalue weighted by Gasteiger charge is -2.38. The van der Waals surface area contributed by atoms with Gasteiger partial charge in [0.05, 0.1) is 6.04 Å². The molecule has 0 bridgehead atoms. The lowest BCUT2D eigenvalue weighted by molar-refractivity contribution is -0.153. The molecule has 0 aromatic carbocycles. The van der Waals surface area contributed by atoms with Gasteiger partial charge in [-0.2, -0.15) is 0 Å². The van der Waals surface area contributed by atoms with Gasteiger partial charge >= 0.3 is 5.97 Å². The number of nitrogens with two attached hydrogens (primary N) is 1. The Morgan fingerprint density at radius 3 is 2.53 bits per heavy atom. The van der Waals surface area contributed by atoms with Crippen LogP contribution in [-0.4, -0.2) is 40.5 Å². The van der Waals surface area contributed by atoms with Crippen LogP contribution in [0.3, 0.4) is 0 Å². The zero-order valence-corrected chi connectivity index (χ0v) is 12.1. The SMILES string of the molecule is CCC1CCN(C(=O)C(N)CC(C)C)C(C(=O)O)C1. The van der Waals surface area contributed by atoms with Crippen molar-refractivity contribution in [2.24, 2.45) is 17.6 Å². The molecular formula is C14H26N2O3. The Balaban J connectivity index is 2.74. The van der Waals surface area contributed by atoms with Crippen LogP contribution < -0.4 is 5.73 Å². The molecule has 1 rings (SSSR count). The third-order valence-electron chi connectivity index (χ3n) is 3.90. The number of amides is 1. The first-order valence-corrected chi connectivity index (χ1v) is 7.15. The van der Waals surface area contributed by atoms with Crippen LogP contribution in [0.1, 0.15) is 46.5 Å². The van der Waals surface area contributed by atoms with E-state index in [0.29, 0.717) is 31.2 Å². The van der Waals surface area contributed by atoms with Crippen molar-refractivity contribution >= 4 is 11.9 Å². The van der Waals surface area contributed by atoms with E-state index in [2.05, 4.69) is 6.92 Å². The molecule has 1 saturated heterocycles. The molecule has 1 amide bonds. The predicted octanol–water partition coefficient (Wildman–Crippen LogP) is 1.46. The third kappa shape index (κ3) is 4.20. The maximum absolute atomic E-state index is 12.3. The standard InChI is InChI=1S/C14H26N2O3/c1-4-10-5-6-16(12(8-10)14(18)19)13(17)11(15)7-9(2)3/h9-12H,4-8,15H2,1-3H3,(H,18,19). The number of carbonyl (C=O) groups excluding carboxylic acids is 1. The second-order valence-corrected chi connectivity index (χ2v) is 5.92. The Labute approximate surface area is 115 Å². The molecule has 19 heavy (non-hydrogen) atoms. The predicted molar refractivity (Wildman–Crippen MR) is 73.6 cm³/mol. The normalized spacial score (nSPS) is 25.4. The Bertz CT molecular complexity index is 331. The molecule has 0 aromatic heterocycles. The summed E-state index contributed by atoms with van der Waals surface area (Å²) in [6, 6.07) is -1.29. The van der Waals surface area contributed by atoms with E-state index < -0.39 is 18.1 Å². The smallest absolute Gasteiger partial charge is 0.326 e. The minimum atomic E-state index is -0.914. The first kappa shape index (κ1) is 16.0. The summed E-state index contributed by atoms with van der Waals surface area (Å²) in [6.45, 7) is 6.59. The van der Waals surface area contributed by atoms with Gasteiger partial charge in [0.15, 0.2) is 0 Å². The summed E-state index contributed by atoms with van der Waals surface area (Å²) in [4.78, 5) is 25.1. The topological polar surface area (TPSA) is 83.6 Å². The molecule has 110 valence electrons. The van der Waals surface area contributed by atoms with Crippen molar-refractivity contribution in [3.05, 3.63) is 0 Å². The van der Waals surface area contributed by atoms with Crippen molar-refractivity contribution in [1.29, 1.82) is 0 Å². The Morgan fingerprint density at radius 2 is 2.05 bits per heavy atom. The van der Waals surface area contributed by atoms with Crippen molar-refractivity contribution in [3.8, 4) is 0 Å². The highest BCUT2D eigenvalue weighted by Gasteiger charge is 2.37. The van der Waals surface area contributed by atoms with Crippen molar-refractivity contribution < 1.29 is 14.7 Å². The molecule has 0 spiro atoms. The van der Waals surface area contributed by atoms with E-state index in [-0.39, 0.29) is 5.91 Å². The number of nitrogens with zero attached hydrogens (tertiary/aromatic N) is 1. The summed E-state index contributed by atoms with van der Waals surface area (Å²) < 4.78 is 0. The van der Waals surface area contributed by atoms with Gasteiger partial charge in [0.2, 0.25) is 5.91 Å². The molecule has 1 aliphatic rings. The van der Waals surface area contributed by atoms with Gasteiger partial charge in [0, 0.05) is 6.54 Å². The number of carboxylic acids is 1. The number of rotatable bonds is 5. The molecule has 1 fully saturated rings. The lowest BCUT2D eigenvalue weighted by atomic mass is 9.88. The van der Waals surface area contributed by atoms with Gasteiger partial charge in [-0.1, -0.05) is 27.2 Å². The number of piperidine rings is 1. The summed E-state index contributed by atoms with van der Waals surface area (Å²) in [7, 11) is 0. The first-order chi connectivity index (χ1) is 8.86. The fourth-order valence-corrected chi connectivity index (χ4v) is 2.73. The average Bonchev–Trinajstić information content (AvgIpc) is 2.36. The number of carbonyl (C=O) groups is 2. The molecule has 5 nitrogen and oxygen atoms in total. The Morgan fingerprint density at radius 1 is 1.42 bits per heavy atom. The molecule has 0 radical (unpaired) electrons. The zero-order valence-electron chi connectivity index (χ0n) is 12.1. The number of carboxylic acid groups (broad SMARTS) is 1. The van der Waals surface area contributed by atoms with Crippen LogP contribution in [0.5, 0.6) is 0 Å². The summed E-state index contributed by atoms with van der Waals surface area (Å²) >= 11 is 0. The summed E-state index contributed by atoms with van der Waals surface area (Å²) in [6.07, 6.45) is 2.98. The molecule has 0 aliphatic carbocycles. The van der Waals surface area contributed by atoms with Gasteiger partial charge in [-0.05, 0) is 31.1 Å². The summed E-state index contributed by atoms with van der Waals surface area (Å²) in [5.41, 5.74) is 5.89. The van der Waals surface area contributed by atoms with Crippen LogP contribution in [0.4, 0.5) is 0 Å². The second-order valence-electron chi connectivity index (χ2n) is 5.92. The van der Waals surface area contributed by atoms with Gasteiger partial charge in [-0.3, -0.25) is 4.79 Å². The fraction of sp³-hybridized carbons (Fsp3) is 0.857. The molecule has 1 aliphatic heterocycles. The first-order valence-electron chi connectivity index (χ1n) is 7.15. The molecule has 0 saturated carbocycles. The van der Waals surface area contributed by atoms with Crippen molar-refractivity contribution in [1.82, 2.24) is 4.90 Å². The maximum Gasteiger partial charge on any atom is 0.326 e. The molecular weight excluding hydrogens is 244 g/mol. The molecule has 3 unspecified atom stereocenters. The van der Waals surface area contributed by atoms with E-state index in [9.17, 15) is 14.7 Å². The number of aliphatic carboxylic acids is 1. The monoisotopic (exact) mass is 270 g/mol. The van der Waals surface area contributed by atoms with E-state index in [0.717, 1.165) is 12.8 Å². The lowest BCUT2D eigenvalue weighted by Crippen LogP contribution is -2.55. The van der Waals surface area contributed by atoms with Gasteiger partial charge in [-0.25, -0.2) is 4.79 Å². The van der Waals surface area contributed by atoms with Gasteiger partial charge in [0.1, 0.15) is 6.04 Å². The van der Waals surface area contributed by atoms with E-state index >= 15 is 0 Å². The van der Waals surface area contributed by atoms with E-state index in [1.807, 2.05) is 13.8 Å². The highest BCUT2D eigenvalue weighted by Crippen LogP contribution is 2.26. The second kappa shape index (κ2) is 6.89. The third-order valence-corrected chi connectivity index (χ3v) is 3.90. The minimum absolute atomic E-state index is 0.212.